The zero-order chi connectivity index (χ0) is 17.8. The fraction of sp³-hybridized carbons (Fsp3) is 0.263. The van der Waals surface area contributed by atoms with Crippen molar-refractivity contribution in [3.8, 4) is 11.5 Å². The number of para-hydroxylation sites is 2. The third kappa shape index (κ3) is 4.09. The summed E-state index contributed by atoms with van der Waals surface area (Å²) in [5.74, 6) is 0.352. The molecule has 6 nitrogen and oxygen atoms in total. The van der Waals surface area contributed by atoms with Crippen LogP contribution in [0.25, 0.3) is 0 Å². The molecule has 3 rings (SSSR count). The van der Waals surface area contributed by atoms with Crippen molar-refractivity contribution < 1.29 is 24.2 Å². The summed E-state index contributed by atoms with van der Waals surface area (Å²) < 4.78 is 11.5. The van der Waals surface area contributed by atoms with Gasteiger partial charge in [-0.15, -0.1) is 0 Å². The second-order valence-electron chi connectivity index (χ2n) is 5.95. The Morgan fingerprint density at radius 3 is 2.48 bits per heavy atom. The topological polar surface area (TPSA) is 76.1 Å². The van der Waals surface area contributed by atoms with Crippen LogP contribution in [0.1, 0.15) is 15.9 Å². The van der Waals surface area contributed by atoms with Crippen LogP contribution in [0.2, 0.25) is 0 Å². The van der Waals surface area contributed by atoms with E-state index in [2.05, 4.69) is 0 Å². The quantitative estimate of drug-likeness (QED) is 0.902. The molecule has 2 aromatic rings. The van der Waals surface area contributed by atoms with Crippen molar-refractivity contribution in [2.24, 2.45) is 0 Å². The normalized spacial score (nSPS) is 15.5. The highest BCUT2D eigenvalue weighted by Gasteiger charge is 2.23. The number of hydrogen-bond donors (Lipinski definition) is 1. The van der Waals surface area contributed by atoms with Crippen LogP contribution >= 0.6 is 0 Å². The van der Waals surface area contributed by atoms with Crippen LogP contribution in [-0.2, 0) is 11.2 Å². The Hall–Kier alpha value is -3.02. The van der Waals surface area contributed by atoms with E-state index in [1.54, 1.807) is 24.1 Å². The van der Waals surface area contributed by atoms with Crippen molar-refractivity contribution in [3.05, 3.63) is 59.7 Å². The number of amides is 1. The molecule has 1 aliphatic rings. The summed E-state index contributed by atoms with van der Waals surface area (Å²) >= 11 is 0. The second kappa shape index (κ2) is 7.25. The molecule has 0 aromatic heterocycles. The number of rotatable bonds is 5. The van der Waals surface area contributed by atoms with Gasteiger partial charge in [0.15, 0.2) is 17.6 Å². The Balaban J connectivity index is 1.55. The zero-order valence-electron chi connectivity index (χ0n) is 13.8. The van der Waals surface area contributed by atoms with Crippen molar-refractivity contribution in [1.82, 2.24) is 4.90 Å². The monoisotopic (exact) mass is 341 g/mol. The van der Waals surface area contributed by atoms with E-state index in [0.717, 1.165) is 5.56 Å². The van der Waals surface area contributed by atoms with E-state index in [1.165, 1.54) is 12.1 Å². The summed E-state index contributed by atoms with van der Waals surface area (Å²) in [6.45, 7) is 0.808. The maximum absolute atomic E-state index is 12.4. The lowest BCUT2D eigenvalue weighted by Gasteiger charge is -2.29. The zero-order valence-corrected chi connectivity index (χ0v) is 13.8. The largest absolute Gasteiger partial charge is 0.486 e. The first-order valence-corrected chi connectivity index (χ1v) is 7.97. The van der Waals surface area contributed by atoms with E-state index in [1.807, 2.05) is 24.3 Å². The number of fused-ring (bicyclic) bond motifs is 1. The number of aromatic carboxylic acids is 1. The molecule has 0 saturated heterocycles. The van der Waals surface area contributed by atoms with E-state index in [0.29, 0.717) is 24.7 Å². The number of ether oxygens (including phenoxy) is 2. The highest BCUT2D eigenvalue weighted by molar-refractivity contribution is 5.87. The van der Waals surface area contributed by atoms with Gasteiger partial charge in [-0.05, 0) is 29.8 Å². The average Bonchev–Trinajstić information content (AvgIpc) is 2.62. The second-order valence-corrected chi connectivity index (χ2v) is 5.95. The third-order valence-corrected chi connectivity index (χ3v) is 4.03. The van der Waals surface area contributed by atoms with Crippen LogP contribution in [0, 0.1) is 0 Å². The van der Waals surface area contributed by atoms with E-state index in [9.17, 15) is 9.59 Å². The molecule has 1 heterocycles. The molecule has 6 heteroatoms. The minimum absolute atomic E-state index is 0.0643. The first-order chi connectivity index (χ1) is 12.0. The summed E-state index contributed by atoms with van der Waals surface area (Å²) in [6, 6.07) is 13.8. The molecule has 0 radical (unpaired) electrons. The minimum Gasteiger partial charge on any atom is -0.486 e. The van der Waals surface area contributed by atoms with Gasteiger partial charge in [0.1, 0.15) is 6.61 Å². The summed E-state index contributed by atoms with van der Waals surface area (Å²) in [5, 5.41) is 8.90. The molecule has 0 bridgehead atoms. The molecule has 0 aliphatic carbocycles. The minimum atomic E-state index is -0.982. The van der Waals surface area contributed by atoms with Gasteiger partial charge in [0.2, 0.25) is 5.91 Å². The number of carboxylic acids is 1. The van der Waals surface area contributed by atoms with Crippen LogP contribution in [0.3, 0.4) is 0 Å². The molecule has 0 spiro atoms. The molecule has 2 aromatic carbocycles. The molecule has 1 atom stereocenters. The standard InChI is InChI=1S/C19H19NO5/c1-20(11-15-12-24-16-4-2-3-5-17(16)25-15)18(21)10-13-6-8-14(9-7-13)19(22)23/h2-9,15H,10-12H2,1H3,(H,22,23). The van der Waals surface area contributed by atoms with Gasteiger partial charge in [0, 0.05) is 7.05 Å². The van der Waals surface area contributed by atoms with E-state index in [-0.39, 0.29) is 24.0 Å². The maximum atomic E-state index is 12.4. The predicted octanol–water partition coefficient (Wildman–Crippen LogP) is 2.23. The SMILES string of the molecule is CN(CC1COc2ccccc2O1)C(=O)Cc1ccc(C(=O)O)cc1. The van der Waals surface area contributed by atoms with Gasteiger partial charge in [0.25, 0.3) is 0 Å². The average molecular weight is 341 g/mol. The molecular weight excluding hydrogens is 322 g/mol. The van der Waals surface area contributed by atoms with Gasteiger partial charge in [-0.3, -0.25) is 4.79 Å². The number of hydrogen-bond acceptors (Lipinski definition) is 4. The van der Waals surface area contributed by atoms with Crippen LogP contribution in [-0.4, -0.2) is 48.2 Å². The summed E-state index contributed by atoms with van der Waals surface area (Å²) in [4.78, 5) is 24.8. The Kier molecular flexibility index (Phi) is 4.88. The molecular formula is C19H19NO5. The first-order valence-electron chi connectivity index (χ1n) is 7.97. The van der Waals surface area contributed by atoms with Crippen molar-refractivity contribution in [3.63, 3.8) is 0 Å². The Bertz CT molecular complexity index is 772. The van der Waals surface area contributed by atoms with Crippen LogP contribution in [0.4, 0.5) is 0 Å². The van der Waals surface area contributed by atoms with Crippen LogP contribution in [0.15, 0.2) is 48.5 Å². The lowest BCUT2D eigenvalue weighted by atomic mass is 10.1. The Morgan fingerprint density at radius 2 is 1.80 bits per heavy atom. The number of benzene rings is 2. The molecule has 25 heavy (non-hydrogen) atoms. The van der Waals surface area contributed by atoms with Crippen molar-refractivity contribution in [2.45, 2.75) is 12.5 Å². The van der Waals surface area contributed by atoms with E-state index < -0.39 is 5.97 Å². The molecule has 1 N–H and O–H groups in total. The fourth-order valence-electron chi connectivity index (χ4n) is 2.64. The van der Waals surface area contributed by atoms with Gasteiger partial charge >= 0.3 is 5.97 Å². The number of carbonyl (C=O) groups excluding carboxylic acids is 1. The van der Waals surface area contributed by atoms with Crippen molar-refractivity contribution in [2.75, 3.05) is 20.2 Å². The van der Waals surface area contributed by atoms with Gasteiger partial charge in [0.05, 0.1) is 18.5 Å². The summed E-state index contributed by atoms with van der Waals surface area (Å²) in [5.41, 5.74) is 0.976. The lowest BCUT2D eigenvalue weighted by Crippen LogP contribution is -2.42. The molecule has 0 saturated carbocycles. The van der Waals surface area contributed by atoms with Gasteiger partial charge < -0.3 is 19.5 Å². The number of carbonyl (C=O) groups is 2. The summed E-state index contributed by atoms with van der Waals surface area (Å²) in [7, 11) is 1.72. The van der Waals surface area contributed by atoms with Crippen LogP contribution in [0.5, 0.6) is 11.5 Å². The van der Waals surface area contributed by atoms with Gasteiger partial charge in [-0.1, -0.05) is 24.3 Å². The van der Waals surface area contributed by atoms with E-state index >= 15 is 0 Å². The van der Waals surface area contributed by atoms with Crippen molar-refractivity contribution in [1.29, 1.82) is 0 Å². The molecule has 1 amide bonds. The third-order valence-electron chi connectivity index (χ3n) is 4.03. The predicted molar refractivity (Wildman–Crippen MR) is 91.1 cm³/mol. The molecule has 130 valence electrons. The highest BCUT2D eigenvalue weighted by atomic mass is 16.6. The smallest absolute Gasteiger partial charge is 0.335 e. The van der Waals surface area contributed by atoms with Gasteiger partial charge in [-0.25, -0.2) is 4.79 Å². The molecule has 0 fully saturated rings. The molecule has 1 aliphatic heterocycles. The first kappa shape index (κ1) is 16.8. The highest BCUT2D eigenvalue weighted by Crippen LogP contribution is 2.30. The number of carboxylic acid groups (broad SMARTS) is 1. The van der Waals surface area contributed by atoms with Crippen LogP contribution < -0.4 is 9.47 Å². The molecule has 1 unspecified atom stereocenters. The number of likely N-dealkylation sites (N-methyl/N-ethyl adjacent to an activating group) is 1. The van der Waals surface area contributed by atoms with Crippen molar-refractivity contribution >= 4 is 11.9 Å². The fourth-order valence-corrected chi connectivity index (χ4v) is 2.64. The van der Waals surface area contributed by atoms with Gasteiger partial charge in [-0.2, -0.15) is 0 Å². The lowest BCUT2D eigenvalue weighted by molar-refractivity contribution is -0.130. The summed E-state index contributed by atoms with van der Waals surface area (Å²) in [6.07, 6.45) is -0.0150. The Labute approximate surface area is 145 Å². The number of nitrogens with zero attached hydrogens (tertiary/aromatic N) is 1. The maximum Gasteiger partial charge on any atom is 0.335 e. The van der Waals surface area contributed by atoms with E-state index in [4.69, 9.17) is 14.6 Å². The Morgan fingerprint density at radius 1 is 1.12 bits per heavy atom.